The van der Waals surface area contributed by atoms with E-state index in [1.807, 2.05) is 73.8 Å². The van der Waals surface area contributed by atoms with Gasteiger partial charge < -0.3 is 9.47 Å². The zero-order valence-electron chi connectivity index (χ0n) is 20.4. The minimum atomic E-state index is -0.610. The van der Waals surface area contributed by atoms with Crippen LogP contribution in [0.3, 0.4) is 0 Å². The summed E-state index contributed by atoms with van der Waals surface area (Å²) in [6.45, 7) is 4.33. The molecule has 0 spiro atoms. The summed E-state index contributed by atoms with van der Waals surface area (Å²) < 4.78 is 12.4. The highest BCUT2D eigenvalue weighted by Gasteiger charge is 2.35. The summed E-state index contributed by atoms with van der Waals surface area (Å²) in [6.07, 6.45) is 3.52. The minimum absolute atomic E-state index is 0.0546. The SMILES string of the molecule is CCOc1ccc(-c2nn(-c3ccccc3)cc2C=C2C(=O)N(CCOC)C(=O)C(C#N)=C2C)cc1. The Bertz CT molecular complexity index is 1380. The van der Waals surface area contributed by atoms with Gasteiger partial charge in [0.2, 0.25) is 0 Å². The van der Waals surface area contributed by atoms with Gasteiger partial charge in [-0.1, -0.05) is 18.2 Å². The van der Waals surface area contributed by atoms with Crippen LogP contribution < -0.4 is 4.74 Å². The topological polar surface area (TPSA) is 97.4 Å². The zero-order chi connectivity index (χ0) is 25.7. The van der Waals surface area contributed by atoms with Gasteiger partial charge in [0.05, 0.1) is 31.1 Å². The Morgan fingerprint density at radius 1 is 1.06 bits per heavy atom. The lowest BCUT2D eigenvalue weighted by molar-refractivity contribution is -0.141. The summed E-state index contributed by atoms with van der Waals surface area (Å²) in [5.74, 6) is -0.338. The number of benzene rings is 2. The number of hydrogen-bond acceptors (Lipinski definition) is 6. The van der Waals surface area contributed by atoms with Gasteiger partial charge in [0.1, 0.15) is 17.4 Å². The van der Waals surface area contributed by atoms with Crippen LogP contribution >= 0.6 is 0 Å². The fraction of sp³-hybridized carbons (Fsp3) is 0.214. The lowest BCUT2D eigenvalue weighted by Gasteiger charge is -2.27. The molecule has 2 aromatic carbocycles. The molecule has 8 nitrogen and oxygen atoms in total. The molecule has 1 aliphatic heterocycles. The van der Waals surface area contributed by atoms with Crippen molar-refractivity contribution >= 4 is 17.9 Å². The molecule has 0 bridgehead atoms. The number of imide groups is 1. The smallest absolute Gasteiger partial charge is 0.271 e. The monoisotopic (exact) mass is 482 g/mol. The molecule has 0 saturated heterocycles. The van der Waals surface area contributed by atoms with Crippen molar-refractivity contribution in [2.24, 2.45) is 0 Å². The Morgan fingerprint density at radius 3 is 2.42 bits per heavy atom. The van der Waals surface area contributed by atoms with E-state index in [9.17, 15) is 14.9 Å². The lowest BCUT2D eigenvalue weighted by Crippen LogP contribution is -2.44. The van der Waals surface area contributed by atoms with Gasteiger partial charge in [-0.25, -0.2) is 4.68 Å². The number of amides is 2. The van der Waals surface area contributed by atoms with Crippen LogP contribution in [-0.4, -0.2) is 53.4 Å². The third kappa shape index (κ3) is 4.83. The van der Waals surface area contributed by atoms with Crippen LogP contribution in [0.25, 0.3) is 23.0 Å². The van der Waals surface area contributed by atoms with Crippen LogP contribution in [0.1, 0.15) is 19.4 Å². The molecule has 1 aliphatic rings. The number of carbonyl (C=O) groups is 2. The van der Waals surface area contributed by atoms with Gasteiger partial charge in [-0.05, 0) is 61.9 Å². The standard InChI is InChI=1S/C28H26N4O4/c1-4-36-23-12-10-20(11-13-23)26-21(18-32(30-26)22-8-6-5-7-9-22)16-24-19(2)25(17-29)28(34)31(27(24)33)14-15-35-3/h5-13,16,18H,4,14-15H2,1-3H3. The van der Waals surface area contributed by atoms with E-state index in [4.69, 9.17) is 14.6 Å². The van der Waals surface area contributed by atoms with E-state index in [0.29, 0.717) is 23.4 Å². The van der Waals surface area contributed by atoms with Gasteiger partial charge in [-0.15, -0.1) is 0 Å². The summed E-state index contributed by atoms with van der Waals surface area (Å²) >= 11 is 0. The average Bonchev–Trinajstić information content (AvgIpc) is 3.32. The Labute approximate surface area is 209 Å². The van der Waals surface area contributed by atoms with E-state index < -0.39 is 11.8 Å². The summed E-state index contributed by atoms with van der Waals surface area (Å²) in [5.41, 5.74) is 3.55. The van der Waals surface area contributed by atoms with Gasteiger partial charge in [0.15, 0.2) is 0 Å². The molecule has 0 radical (unpaired) electrons. The van der Waals surface area contributed by atoms with E-state index in [0.717, 1.165) is 21.9 Å². The Morgan fingerprint density at radius 2 is 1.78 bits per heavy atom. The van der Waals surface area contributed by atoms with E-state index in [1.165, 1.54) is 7.11 Å². The number of para-hydroxylation sites is 1. The molecular weight excluding hydrogens is 456 g/mol. The third-order valence-corrected chi connectivity index (χ3v) is 5.85. The molecule has 0 atom stereocenters. The zero-order valence-corrected chi connectivity index (χ0v) is 20.4. The predicted molar refractivity (Wildman–Crippen MR) is 135 cm³/mol. The molecule has 36 heavy (non-hydrogen) atoms. The van der Waals surface area contributed by atoms with Gasteiger partial charge in [0.25, 0.3) is 11.8 Å². The molecule has 0 aliphatic carbocycles. The van der Waals surface area contributed by atoms with Gasteiger partial charge in [-0.3, -0.25) is 14.5 Å². The van der Waals surface area contributed by atoms with Crippen LogP contribution in [0.15, 0.2) is 77.5 Å². The van der Waals surface area contributed by atoms with E-state index in [1.54, 1.807) is 17.7 Å². The minimum Gasteiger partial charge on any atom is -0.494 e. The van der Waals surface area contributed by atoms with Gasteiger partial charge >= 0.3 is 0 Å². The van der Waals surface area contributed by atoms with Crippen LogP contribution in [-0.2, 0) is 14.3 Å². The first kappa shape index (κ1) is 24.6. The predicted octanol–water partition coefficient (Wildman–Crippen LogP) is 4.18. The summed E-state index contributed by atoms with van der Waals surface area (Å²) in [5, 5.41) is 14.4. The van der Waals surface area contributed by atoms with Crippen molar-refractivity contribution in [3.05, 3.63) is 83.1 Å². The molecule has 2 heterocycles. The molecule has 0 unspecified atom stereocenters. The van der Waals surface area contributed by atoms with E-state index in [2.05, 4.69) is 0 Å². The molecule has 0 fully saturated rings. The van der Waals surface area contributed by atoms with Gasteiger partial charge in [0, 0.05) is 30.0 Å². The highest BCUT2D eigenvalue weighted by atomic mass is 16.5. The van der Waals surface area contributed by atoms with Gasteiger partial charge in [-0.2, -0.15) is 10.4 Å². The van der Waals surface area contributed by atoms with Crippen molar-refractivity contribution in [1.29, 1.82) is 5.26 Å². The summed E-state index contributed by atoms with van der Waals surface area (Å²) in [4.78, 5) is 27.2. The molecule has 1 aromatic heterocycles. The third-order valence-electron chi connectivity index (χ3n) is 5.85. The maximum absolute atomic E-state index is 13.4. The number of hydrogen-bond donors (Lipinski definition) is 0. The first-order valence-electron chi connectivity index (χ1n) is 11.5. The van der Waals surface area contributed by atoms with E-state index in [-0.39, 0.29) is 24.3 Å². The highest BCUT2D eigenvalue weighted by molar-refractivity contribution is 6.19. The molecular formula is C28H26N4O4. The molecule has 8 heteroatoms. The molecule has 182 valence electrons. The van der Waals surface area contributed by atoms with Crippen molar-refractivity contribution in [3.8, 4) is 28.8 Å². The molecule has 2 amide bonds. The van der Waals surface area contributed by atoms with Crippen LogP contribution in [0.5, 0.6) is 5.75 Å². The largest absolute Gasteiger partial charge is 0.494 e. The maximum atomic E-state index is 13.4. The van der Waals surface area contributed by atoms with Crippen molar-refractivity contribution in [2.45, 2.75) is 13.8 Å². The average molecular weight is 483 g/mol. The molecule has 0 N–H and O–H groups in total. The first-order chi connectivity index (χ1) is 17.5. The lowest BCUT2D eigenvalue weighted by atomic mass is 9.93. The van der Waals surface area contributed by atoms with Crippen LogP contribution in [0, 0.1) is 11.3 Å². The Balaban J connectivity index is 1.87. The quantitative estimate of drug-likeness (QED) is 0.353. The Hall–Kier alpha value is -4.48. The normalized spacial score (nSPS) is 14.9. The highest BCUT2D eigenvalue weighted by Crippen LogP contribution is 2.31. The molecule has 3 aromatic rings. The fourth-order valence-electron chi connectivity index (χ4n) is 3.98. The second kappa shape index (κ2) is 10.8. The summed E-state index contributed by atoms with van der Waals surface area (Å²) in [6, 6.07) is 19.1. The number of rotatable bonds is 8. The Kier molecular flexibility index (Phi) is 7.42. The molecule has 0 saturated carbocycles. The van der Waals surface area contributed by atoms with Crippen LogP contribution in [0.2, 0.25) is 0 Å². The number of carbonyl (C=O) groups excluding carboxylic acids is 2. The number of nitrogens with zero attached hydrogens (tertiary/aromatic N) is 4. The second-order valence-corrected chi connectivity index (χ2v) is 8.10. The van der Waals surface area contributed by atoms with Crippen molar-refractivity contribution in [2.75, 3.05) is 26.9 Å². The molecule has 4 rings (SSSR count). The maximum Gasteiger partial charge on any atom is 0.271 e. The van der Waals surface area contributed by atoms with E-state index >= 15 is 0 Å². The van der Waals surface area contributed by atoms with Crippen LogP contribution in [0.4, 0.5) is 0 Å². The van der Waals surface area contributed by atoms with Crippen molar-refractivity contribution in [3.63, 3.8) is 0 Å². The van der Waals surface area contributed by atoms with Crippen molar-refractivity contribution in [1.82, 2.24) is 14.7 Å². The summed E-state index contributed by atoms with van der Waals surface area (Å²) in [7, 11) is 1.49. The second-order valence-electron chi connectivity index (χ2n) is 8.10. The number of aromatic nitrogens is 2. The number of nitriles is 1. The first-order valence-corrected chi connectivity index (χ1v) is 11.5. The van der Waals surface area contributed by atoms with Crippen molar-refractivity contribution < 1.29 is 19.1 Å². The fourth-order valence-corrected chi connectivity index (χ4v) is 3.98. The number of ether oxygens (including phenoxy) is 2. The number of methoxy groups -OCH3 is 1.